The first-order valence-electron chi connectivity index (χ1n) is 9.39. The molecule has 0 saturated carbocycles. The summed E-state index contributed by atoms with van der Waals surface area (Å²) in [6, 6.07) is 11.3. The second-order valence-electron chi connectivity index (χ2n) is 7.12. The summed E-state index contributed by atoms with van der Waals surface area (Å²) in [5, 5.41) is 9.32. The molecule has 2 aromatic rings. The molecule has 0 aliphatic carbocycles. The second kappa shape index (κ2) is 8.87. The number of carbonyl (C=O) groups excluding carboxylic acids is 1. The summed E-state index contributed by atoms with van der Waals surface area (Å²) in [6.07, 6.45) is 2.44. The Balaban J connectivity index is 1.58. The van der Waals surface area contributed by atoms with Gasteiger partial charge in [-0.1, -0.05) is 18.2 Å². The van der Waals surface area contributed by atoms with Gasteiger partial charge in [-0.15, -0.1) is 0 Å². The highest BCUT2D eigenvalue weighted by Crippen LogP contribution is 2.25. The van der Waals surface area contributed by atoms with Crippen molar-refractivity contribution in [2.24, 2.45) is 5.92 Å². The molecule has 6 heteroatoms. The molecule has 1 N–H and O–H groups in total. The van der Waals surface area contributed by atoms with Crippen molar-refractivity contribution in [3.05, 3.63) is 65.0 Å². The first-order chi connectivity index (χ1) is 13.5. The Hall–Kier alpha value is -2.89. The van der Waals surface area contributed by atoms with Crippen LogP contribution >= 0.6 is 0 Å². The lowest BCUT2D eigenvalue weighted by molar-refractivity contribution is -0.131. The lowest BCUT2D eigenvalue weighted by Crippen LogP contribution is -2.39. The van der Waals surface area contributed by atoms with Crippen molar-refractivity contribution in [2.45, 2.75) is 25.7 Å². The Morgan fingerprint density at radius 1 is 1.14 bits per heavy atom. The second-order valence-corrected chi connectivity index (χ2v) is 7.12. The Bertz CT molecular complexity index is 859. The van der Waals surface area contributed by atoms with Crippen LogP contribution in [-0.4, -0.2) is 42.1 Å². The van der Waals surface area contributed by atoms with Gasteiger partial charge in [-0.05, 0) is 55.0 Å². The number of methoxy groups -OCH3 is 1. The fourth-order valence-corrected chi connectivity index (χ4v) is 3.76. The van der Waals surface area contributed by atoms with Gasteiger partial charge in [0.15, 0.2) is 0 Å². The van der Waals surface area contributed by atoms with Gasteiger partial charge in [-0.25, -0.2) is 9.18 Å². The zero-order valence-corrected chi connectivity index (χ0v) is 15.9. The van der Waals surface area contributed by atoms with E-state index < -0.39 is 5.97 Å². The average molecular weight is 385 g/mol. The van der Waals surface area contributed by atoms with E-state index in [-0.39, 0.29) is 18.1 Å². The molecular weight excluding hydrogens is 361 g/mol. The van der Waals surface area contributed by atoms with Gasteiger partial charge in [0, 0.05) is 18.7 Å². The third-order valence-electron chi connectivity index (χ3n) is 5.31. The predicted octanol–water partition coefficient (Wildman–Crippen LogP) is 3.56. The summed E-state index contributed by atoms with van der Waals surface area (Å²) in [4.78, 5) is 25.8. The first-order valence-corrected chi connectivity index (χ1v) is 9.39. The zero-order valence-electron chi connectivity index (χ0n) is 15.9. The number of carboxylic acid groups (broad SMARTS) is 1. The molecule has 0 aromatic heterocycles. The van der Waals surface area contributed by atoms with Crippen molar-refractivity contribution in [3.8, 4) is 5.75 Å². The summed E-state index contributed by atoms with van der Waals surface area (Å²) in [6.45, 7) is 1.24. The minimum Gasteiger partial charge on any atom is -0.496 e. The van der Waals surface area contributed by atoms with Crippen molar-refractivity contribution >= 4 is 11.9 Å². The Morgan fingerprint density at radius 2 is 1.86 bits per heavy atom. The Labute approximate surface area is 163 Å². The minimum atomic E-state index is -0.910. The number of hydrogen-bond acceptors (Lipinski definition) is 3. The minimum absolute atomic E-state index is 0.0479. The number of carboxylic acids is 1. The molecule has 3 rings (SSSR count). The van der Waals surface area contributed by atoms with Crippen molar-refractivity contribution in [1.82, 2.24) is 4.90 Å². The molecule has 1 saturated heterocycles. The van der Waals surface area contributed by atoms with Crippen LogP contribution in [-0.2, 0) is 17.6 Å². The highest BCUT2D eigenvalue weighted by molar-refractivity contribution is 5.89. The van der Waals surface area contributed by atoms with Gasteiger partial charge < -0.3 is 14.7 Å². The number of ether oxygens (including phenoxy) is 1. The fourth-order valence-electron chi connectivity index (χ4n) is 3.76. The quantitative estimate of drug-likeness (QED) is 0.826. The largest absolute Gasteiger partial charge is 0.496 e. The van der Waals surface area contributed by atoms with E-state index in [4.69, 9.17) is 4.74 Å². The van der Waals surface area contributed by atoms with E-state index in [2.05, 4.69) is 0 Å². The van der Waals surface area contributed by atoms with E-state index in [1.807, 2.05) is 12.1 Å². The molecule has 1 fully saturated rings. The van der Waals surface area contributed by atoms with Crippen molar-refractivity contribution < 1.29 is 23.8 Å². The predicted molar refractivity (Wildman–Crippen MR) is 103 cm³/mol. The summed E-state index contributed by atoms with van der Waals surface area (Å²) < 4.78 is 18.7. The number of carbonyl (C=O) groups is 2. The monoisotopic (exact) mass is 385 g/mol. The summed E-state index contributed by atoms with van der Waals surface area (Å²) >= 11 is 0. The van der Waals surface area contributed by atoms with E-state index in [0.29, 0.717) is 42.3 Å². The standard InChI is InChI=1S/C22H24FNO4/c1-28-20-7-6-18(23)13-17(20)14-21(25)24-10-8-15(9-11-24)12-16-4-2-3-5-19(16)22(26)27/h2-7,13,15H,8-12,14H2,1H3,(H,26,27). The van der Waals surface area contributed by atoms with Crippen LogP contribution in [0.2, 0.25) is 0 Å². The van der Waals surface area contributed by atoms with Gasteiger partial charge in [0.2, 0.25) is 5.91 Å². The molecule has 1 aliphatic heterocycles. The molecule has 28 heavy (non-hydrogen) atoms. The van der Waals surface area contributed by atoms with Gasteiger partial charge in [0.1, 0.15) is 11.6 Å². The number of benzene rings is 2. The van der Waals surface area contributed by atoms with E-state index in [0.717, 1.165) is 18.4 Å². The smallest absolute Gasteiger partial charge is 0.335 e. The maximum Gasteiger partial charge on any atom is 0.335 e. The van der Waals surface area contributed by atoms with Gasteiger partial charge in [0.05, 0.1) is 19.1 Å². The van der Waals surface area contributed by atoms with Gasteiger partial charge >= 0.3 is 5.97 Å². The van der Waals surface area contributed by atoms with E-state index in [1.165, 1.54) is 25.3 Å². The van der Waals surface area contributed by atoms with Crippen LogP contribution in [0.25, 0.3) is 0 Å². The molecule has 2 aromatic carbocycles. The summed E-state index contributed by atoms with van der Waals surface area (Å²) in [7, 11) is 1.50. The number of aromatic carboxylic acids is 1. The summed E-state index contributed by atoms with van der Waals surface area (Å²) in [5.41, 5.74) is 1.73. The number of rotatable bonds is 6. The zero-order chi connectivity index (χ0) is 20.1. The van der Waals surface area contributed by atoms with E-state index >= 15 is 0 Å². The van der Waals surface area contributed by atoms with Crippen LogP contribution in [0.4, 0.5) is 4.39 Å². The van der Waals surface area contributed by atoms with E-state index in [9.17, 15) is 19.1 Å². The number of piperidine rings is 1. The number of hydrogen-bond donors (Lipinski definition) is 1. The lowest BCUT2D eigenvalue weighted by Gasteiger charge is -2.32. The van der Waals surface area contributed by atoms with Gasteiger partial charge in [0.25, 0.3) is 0 Å². The third kappa shape index (κ3) is 4.68. The number of likely N-dealkylation sites (tertiary alicyclic amines) is 1. The van der Waals surface area contributed by atoms with E-state index in [1.54, 1.807) is 17.0 Å². The van der Waals surface area contributed by atoms with Crippen LogP contribution < -0.4 is 4.74 Å². The van der Waals surface area contributed by atoms with Crippen LogP contribution in [0.1, 0.15) is 34.3 Å². The average Bonchev–Trinajstić information content (AvgIpc) is 2.69. The van der Waals surface area contributed by atoms with Gasteiger partial charge in [-0.3, -0.25) is 4.79 Å². The maximum absolute atomic E-state index is 13.5. The van der Waals surface area contributed by atoms with Crippen molar-refractivity contribution in [2.75, 3.05) is 20.2 Å². The van der Waals surface area contributed by atoms with Crippen LogP contribution in [0.3, 0.4) is 0 Å². The molecule has 5 nitrogen and oxygen atoms in total. The molecule has 1 amide bonds. The fraction of sp³-hybridized carbons (Fsp3) is 0.364. The normalized spacial score (nSPS) is 14.7. The number of amides is 1. The highest BCUT2D eigenvalue weighted by atomic mass is 19.1. The highest BCUT2D eigenvalue weighted by Gasteiger charge is 2.25. The Morgan fingerprint density at radius 3 is 2.54 bits per heavy atom. The topological polar surface area (TPSA) is 66.8 Å². The Kier molecular flexibility index (Phi) is 6.29. The molecule has 0 bridgehead atoms. The molecule has 148 valence electrons. The van der Waals surface area contributed by atoms with Crippen LogP contribution in [0, 0.1) is 11.7 Å². The SMILES string of the molecule is COc1ccc(F)cc1CC(=O)N1CCC(Cc2ccccc2C(=O)O)CC1. The molecule has 0 radical (unpaired) electrons. The molecule has 0 spiro atoms. The van der Waals surface area contributed by atoms with Crippen LogP contribution in [0.15, 0.2) is 42.5 Å². The molecule has 1 heterocycles. The maximum atomic E-state index is 13.5. The first kappa shape index (κ1) is 19.9. The van der Waals surface area contributed by atoms with Crippen molar-refractivity contribution in [1.29, 1.82) is 0 Å². The van der Waals surface area contributed by atoms with Gasteiger partial charge in [-0.2, -0.15) is 0 Å². The molecular formula is C22H24FNO4. The molecule has 0 atom stereocenters. The molecule has 1 aliphatic rings. The third-order valence-corrected chi connectivity index (χ3v) is 5.31. The number of halogens is 1. The van der Waals surface area contributed by atoms with Crippen molar-refractivity contribution in [3.63, 3.8) is 0 Å². The number of nitrogens with zero attached hydrogens (tertiary/aromatic N) is 1. The summed E-state index contributed by atoms with van der Waals surface area (Å²) in [5.74, 6) is -0.497. The molecule has 0 unspecified atom stereocenters. The lowest BCUT2D eigenvalue weighted by atomic mass is 9.88. The van der Waals surface area contributed by atoms with Crippen LogP contribution in [0.5, 0.6) is 5.75 Å².